The highest BCUT2D eigenvalue weighted by Crippen LogP contribution is 2.18. The lowest BCUT2D eigenvalue weighted by molar-refractivity contribution is -0.137. The van der Waals surface area contributed by atoms with Crippen LogP contribution in [0, 0.1) is 0 Å². The highest BCUT2D eigenvalue weighted by Gasteiger charge is 2.18. The zero-order valence-electron chi connectivity index (χ0n) is 12.2. The average Bonchev–Trinajstić information content (AvgIpc) is 2.54. The van der Waals surface area contributed by atoms with Gasteiger partial charge in [0.15, 0.2) is 0 Å². The van der Waals surface area contributed by atoms with Gasteiger partial charge in [-0.1, -0.05) is 30.3 Å². The number of aliphatic carboxylic acids is 1. The summed E-state index contributed by atoms with van der Waals surface area (Å²) in [6, 6.07) is 15.1. The van der Waals surface area contributed by atoms with E-state index in [-0.39, 0.29) is 12.3 Å². The van der Waals surface area contributed by atoms with Crippen LogP contribution in [0.4, 0.5) is 0 Å². The van der Waals surface area contributed by atoms with Crippen LogP contribution in [0.15, 0.2) is 54.6 Å². The van der Waals surface area contributed by atoms with E-state index in [4.69, 9.17) is 9.84 Å². The summed E-state index contributed by atoms with van der Waals surface area (Å²) >= 11 is 0. The number of carboxylic acid groups (broad SMARTS) is 1. The number of nitrogens with one attached hydrogen (secondary N) is 1. The third-order valence-corrected chi connectivity index (χ3v) is 3.24. The van der Waals surface area contributed by atoms with Crippen LogP contribution in [0.5, 0.6) is 5.75 Å². The van der Waals surface area contributed by atoms with E-state index in [9.17, 15) is 9.59 Å². The van der Waals surface area contributed by atoms with Gasteiger partial charge in [-0.05, 0) is 29.8 Å². The molecule has 0 radical (unpaired) electrons. The summed E-state index contributed by atoms with van der Waals surface area (Å²) in [4.78, 5) is 23.3. The summed E-state index contributed by atoms with van der Waals surface area (Å²) in [5.41, 5.74) is 1.21. The Morgan fingerprint density at radius 2 is 1.73 bits per heavy atom. The van der Waals surface area contributed by atoms with Gasteiger partial charge in [-0.2, -0.15) is 0 Å². The van der Waals surface area contributed by atoms with E-state index >= 15 is 0 Å². The SMILES string of the molecule is COc1ccc(C(=O)NC(CC(=O)O)c2ccccc2)cc1. The van der Waals surface area contributed by atoms with Crippen LogP contribution >= 0.6 is 0 Å². The van der Waals surface area contributed by atoms with E-state index in [0.29, 0.717) is 11.3 Å². The Hall–Kier alpha value is -2.82. The number of amides is 1. The van der Waals surface area contributed by atoms with Crippen LogP contribution in [0.25, 0.3) is 0 Å². The molecule has 2 aromatic rings. The van der Waals surface area contributed by atoms with Crippen molar-refractivity contribution in [2.75, 3.05) is 7.11 Å². The van der Waals surface area contributed by atoms with Crippen molar-refractivity contribution in [3.8, 4) is 5.75 Å². The molecule has 1 amide bonds. The Morgan fingerprint density at radius 3 is 2.27 bits per heavy atom. The normalized spacial score (nSPS) is 11.5. The monoisotopic (exact) mass is 299 g/mol. The van der Waals surface area contributed by atoms with Crippen LogP contribution in [0.1, 0.15) is 28.4 Å². The molecule has 5 heteroatoms. The second kappa shape index (κ2) is 7.26. The zero-order valence-corrected chi connectivity index (χ0v) is 12.2. The molecule has 114 valence electrons. The van der Waals surface area contributed by atoms with E-state index in [2.05, 4.69) is 5.32 Å². The molecule has 2 rings (SSSR count). The molecular formula is C17H17NO4. The lowest BCUT2D eigenvalue weighted by atomic mass is 10.0. The van der Waals surface area contributed by atoms with Gasteiger partial charge >= 0.3 is 5.97 Å². The summed E-state index contributed by atoms with van der Waals surface area (Å²) < 4.78 is 5.04. The minimum Gasteiger partial charge on any atom is -0.497 e. The molecular weight excluding hydrogens is 282 g/mol. The highest BCUT2D eigenvalue weighted by atomic mass is 16.5. The number of benzene rings is 2. The Kier molecular flexibility index (Phi) is 5.14. The Bertz CT molecular complexity index is 637. The van der Waals surface area contributed by atoms with Crippen LogP contribution in [0.2, 0.25) is 0 Å². The van der Waals surface area contributed by atoms with Crippen molar-refractivity contribution < 1.29 is 19.4 Å². The van der Waals surface area contributed by atoms with Crippen LogP contribution in [-0.4, -0.2) is 24.1 Å². The topological polar surface area (TPSA) is 75.6 Å². The fourth-order valence-electron chi connectivity index (χ4n) is 2.10. The van der Waals surface area contributed by atoms with Crippen molar-refractivity contribution in [2.24, 2.45) is 0 Å². The summed E-state index contributed by atoms with van der Waals surface area (Å²) in [6.07, 6.45) is -0.175. The van der Waals surface area contributed by atoms with Crippen molar-refractivity contribution in [1.29, 1.82) is 0 Å². The first-order valence-corrected chi connectivity index (χ1v) is 6.82. The third kappa shape index (κ3) is 4.09. The maximum atomic E-state index is 12.3. The number of carboxylic acids is 1. The molecule has 2 N–H and O–H groups in total. The molecule has 2 aromatic carbocycles. The second-order valence-corrected chi connectivity index (χ2v) is 4.76. The summed E-state index contributed by atoms with van der Waals surface area (Å²) in [5.74, 6) is -0.636. The van der Waals surface area contributed by atoms with E-state index in [0.717, 1.165) is 5.56 Å². The van der Waals surface area contributed by atoms with Crippen LogP contribution < -0.4 is 10.1 Å². The minimum atomic E-state index is -0.969. The van der Waals surface area contributed by atoms with E-state index in [1.54, 1.807) is 43.5 Å². The fourth-order valence-corrected chi connectivity index (χ4v) is 2.10. The van der Waals surface area contributed by atoms with Gasteiger partial charge in [0.25, 0.3) is 5.91 Å². The van der Waals surface area contributed by atoms with Gasteiger partial charge in [-0.3, -0.25) is 9.59 Å². The van der Waals surface area contributed by atoms with Gasteiger partial charge in [0, 0.05) is 5.56 Å². The van der Waals surface area contributed by atoms with Gasteiger partial charge in [-0.25, -0.2) is 0 Å². The Labute approximate surface area is 128 Å². The molecule has 0 spiro atoms. The average molecular weight is 299 g/mol. The number of carbonyl (C=O) groups is 2. The van der Waals surface area contributed by atoms with Crippen LogP contribution in [0.3, 0.4) is 0 Å². The molecule has 0 saturated carbocycles. The largest absolute Gasteiger partial charge is 0.497 e. The first-order valence-electron chi connectivity index (χ1n) is 6.82. The molecule has 0 aromatic heterocycles. The summed E-state index contributed by atoms with van der Waals surface area (Å²) in [6.45, 7) is 0. The molecule has 1 atom stereocenters. The van der Waals surface area contributed by atoms with E-state index in [1.165, 1.54) is 0 Å². The molecule has 0 heterocycles. The second-order valence-electron chi connectivity index (χ2n) is 4.76. The van der Waals surface area contributed by atoms with Gasteiger partial charge in [0.1, 0.15) is 5.75 Å². The molecule has 1 unspecified atom stereocenters. The van der Waals surface area contributed by atoms with Crippen molar-refractivity contribution >= 4 is 11.9 Å². The van der Waals surface area contributed by atoms with Crippen molar-refractivity contribution in [1.82, 2.24) is 5.32 Å². The van der Waals surface area contributed by atoms with Crippen molar-refractivity contribution in [3.63, 3.8) is 0 Å². The fraction of sp³-hybridized carbons (Fsp3) is 0.176. The van der Waals surface area contributed by atoms with Gasteiger partial charge in [0.2, 0.25) is 0 Å². The number of methoxy groups -OCH3 is 1. The smallest absolute Gasteiger partial charge is 0.305 e. The number of ether oxygens (including phenoxy) is 1. The molecule has 0 aliphatic heterocycles. The first kappa shape index (κ1) is 15.6. The molecule has 0 fully saturated rings. The number of hydrogen-bond acceptors (Lipinski definition) is 3. The van der Waals surface area contributed by atoms with Gasteiger partial charge in [0.05, 0.1) is 19.6 Å². The Morgan fingerprint density at radius 1 is 1.09 bits per heavy atom. The number of hydrogen-bond donors (Lipinski definition) is 2. The van der Waals surface area contributed by atoms with Gasteiger partial charge in [-0.15, -0.1) is 0 Å². The predicted octanol–water partition coefficient (Wildman–Crippen LogP) is 2.64. The predicted molar refractivity (Wildman–Crippen MR) is 81.9 cm³/mol. The minimum absolute atomic E-state index is 0.175. The maximum absolute atomic E-state index is 12.3. The lowest BCUT2D eigenvalue weighted by Gasteiger charge is -2.17. The highest BCUT2D eigenvalue weighted by molar-refractivity contribution is 5.94. The van der Waals surface area contributed by atoms with Gasteiger partial charge < -0.3 is 15.2 Å². The standard InChI is InChI=1S/C17H17NO4/c1-22-14-9-7-13(8-10-14)17(21)18-15(11-16(19)20)12-5-3-2-4-6-12/h2-10,15H,11H2,1H3,(H,18,21)(H,19,20). The maximum Gasteiger partial charge on any atom is 0.305 e. The summed E-state index contributed by atoms with van der Waals surface area (Å²) in [7, 11) is 1.55. The Balaban J connectivity index is 2.15. The molecule has 0 aliphatic carbocycles. The number of rotatable bonds is 6. The summed E-state index contributed by atoms with van der Waals surface area (Å²) in [5, 5.41) is 11.8. The number of carbonyl (C=O) groups excluding carboxylic acids is 1. The first-order chi connectivity index (χ1) is 10.6. The molecule has 0 saturated heterocycles. The van der Waals surface area contributed by atoms with Crippen LogP contribution in [-0.2, 0) is 4.79 Å². The molecule has 0 aliphatic rings. The third-order valence-electron chi connectivity index (χ3n) is 3.24. The van der Waals surface area contributed by atoms with Crippen molar-refractivity contribution in [3.05, 3.63) is 65.7 Å². The zero-order chi connectivity index (χ0) is 15.9. The molecule has 22 heavy (non-hydrogen) atoms. The van der Waals surface area contributed by atoms with E-state index in [1.807, 2.05) is 18.2 Å². The molecule has 0 bridgehead atoms. The molecule has 5 nitrogen and oxygen atoms in total. The van der Waals surface area contributed by atoms with E-state index < -0.39 is 12.0 Å². The van der Waals surface area contributed by atoms with Crippen molar-refractivity contribution in [2.45, 2.75) is 12.5 Å². The lowest BCUT2D eigenvalue weighted by Crippen LogP contribution is -2.30. The quantitative estimate of drug-likeness (QED) is 0.859.